The summed E-state index contributed by atoms with van der Waals surface area (Å²) in [5.41, 5.74) is 1.57. The van der Waals surface area contributed by atoms with Crippen LogP contribution in [-0.4, -0.2) is 52.9 Å². The van der Waals surface area contributed by atoms with E-state index < -0.39 is 10.2 Å². The van der Waals surface area contributed by atoms with Gasteiger partial charge >= 0.3 is 10.2 Å². The van der Waals surface area contributed by atoms with Crippen molar-refractivity contribution < 1.29 is 17.9 Å². The second-order valence-electron chi connectivity index (χ2n) is 6.44. The van der Waals surface area contributed by atoms with Crippen molar-refractivity contribution >= 4 is 21.8 Å². The predicted octanol–water partition coefficient (Wildman–Crippen LogP) is 2.06. The van der Waals surface area contributed by atoms with Crippen molar-refractivity contribution in [2.45, 2.75) is 12.8 Å². The minimum atomic E-state index is -3.78. The minimum absolute atomic E-state index is 0.274. The zero-order chi connectivity index (χ0) is 20.6. The first-order valence-corrected chi connectivity index (χ1v) is 10.4. The molecule has 0 radical (unpaired) electrons. The van der Waals surface area contributed by atoms with Crippen molar-refractivity contribution in [3.63, 3.8) is 0 Å². The van der Waals surface area contributed by atoms with Crippen molar-refractivity contribution in [2.24, 2.45) is 0 Å². The number of benzene rings is 2. The van der Waals surface area contributed by atoms with Crippen LogP contribution in [0.25, 0.3) is 0 Å². The van der Waals surface area contributed by atoms with Gasteiger partial charge in [-0.25, -0.2) is 4.31 Å². The van der Waals surface area contributed by atoms with Crippen LogP contribution < -0.4 is 14.4 Å². The lowest BCUT2D eigenvalue weighted by Gasteiger charge is -2.26. The number of ether oxygens (including phenoxy) is 1. The van der Waals surface area contributed by atoms with E-state index in [1.165, 1.54) is 14.1 Å². The number of methoxy groups -OCH3 is 1. The maximum Gasteiger partial charge on any atom is 0.304 e. The quantitative estimate of drug-likeness (QED) is 0.614. The third kappa shape index (κ3) is 5.97. The summed E-state index contributed by atoms with van der Waals surface area (Å²) in [6.45, 7) is 0.185. The highest BCUT2D eigenvalue weighted by Gasteiger charge is 2.26. The Morgan fingerprint density at radius 2 is 1.79 bits per heavy atom. The first-order chi connectivity index (χ1) is 13.3. The first-order valence-electron chi connectivity index (χ1n) is 8.99. The molecule has 152 valence electrons. The van der Waals surface area contributed by atoms with E-state index in [2.05, 4.69) is 5.32 Å². The third-order valence-corrected chi connectivity index (χ3v) is 5.99. The first kappa shape index (κ1) is 21.7. The number of hydrogen-bond acceptors (Lipinski definition) is 4. The normalized spacial score (nSPS) is 11.3. The van der Waals surface area contributed by atoms with E-state index in [0.29, 0.717) is 12.2 Å². The summed E-state index contributed by atoms with van der Waals surface area (Å²) in [5, 5.41) is 2.80. The van der Waals surface area contributed by atoms with Crippen LogP contribution in [0.3, 0.4) is 0 Å². The lowest BCUT2D eigenvalue weighted by atomic mass is 10.1. The summed E-state index contributed by atoms with van der Waals surface area (Å²) in [7, 11) is 0.732. The highest BCUT2D eigenvalue weighted by atomic mass is 32.2. The number of aryl methyl sites for hydroxylation is 1. The molecule has 8 heteroatoms. The number of nitrogens with zero attached hydrogens (tertiary/aromatic N) is 2. The van der Waals surface area contributed by atoms with Crippen LogP contribution in [-0.2, 0) is 21.4 Å². The Hall–Kier alpha value is -2.58. The lowest BCUT2D eigenvalue weighted by Crippen LogP contribution is -2.46. The number of para-hydroxylation sites is 1. The number of hydrogen-bond donors (Lipinski definition) is 1. The Bertz CT molecular complexity index is 870. The fraction of sp³-hybridized carbons (Fsp3) is 0.350. The smallest absolute Gasteiger partial charge is 0.304 e. The molecule has 28 heavy (non-hydrogen) atoms. The van der Waals surface area contributed by atoms with Crippen LogP contribution >= 0.6 is 0 Å². The molecule has 0 aliphatic rings. The molecule has 2 aromatic rings. The van der Waals surface area contributed by atoms with Gasteiger partial charge in [0, 0.05) is 20.6 Å². The maximum absolute atomic E-state index is 12.6. The van der Waals surface area contributed by atoms with E-state index in [-0.39, 0.29) is 12.5 Å². The molecule has 0 bridgehead atoms. The molecule has 0 unspecified atom stereocenters. The monoisotopic (exact) mass is 405 g/mol. The van der Waals surface area contributed by atoms with Gasteiger partial charge in [-0.2, -0.15) is 12.7 Å². The van der Waals surface area contributed by atoms with Crippen LogP contribution in [0.5, 0.6) is 5.75 Å². The molecule has 2 aromatic carbocycles. The van der Waals surface area contributed by atoms with Gasteiger partial charge in [-0.3, -0.25) is 4.79 Å². The van der Waals surface area contributed by atoms with Gasteiger partial charge in [0.2, 0.25) is 5.91 Å². The molecule has 1 amide bonds. The van der Waals surface area contributed by atoms with Gasteiger partial charge in [0.15, 0.2) is 0 Å². The summed E-state index contributed by atoms with van der Waals surface area (Å²) >= 11 is 0. The Morgan fingerprint density at radius 3 is 2.43 bits per heavy atom. The van der Waals surface area contributed by atoms with Crippen molar-refractivity contribution in [3.05, 3.63) is 60.2 Å². The van der Waals surface area contributed by atoms with E-state index in [1.807, 2.05) is 24.3 Å². The molecule has 7 nitrogen and oxygen atoms in total. The van der Waals surface area contributed by atoms with Crippen LogP contribution in [0.15, 0.2) is 54.6 Å². The molecule has 0 saturated heterocycles. The van der Waals surface area contributed by atoms with Gasteiger partial charge < -0.3 is 10.1 Å². The van der Waals surface area contributed by atoms with Crippen molar-refractivity contribution in [3.8, 4) is 5.75 Å². The summed E-state index contributed by atoms with van der Waals surface area (Å²) in [6, 6.07) is 16.4. The number of anilines is 1. The number of carbonyl (C=O) groups excluding carboxylic acids is 1. The van der Waals surface area contributed by atoms with Gasteiger partial charge in [0.1, 0.15) is 12.3 Å². The lowest BCUT2D eigenvalue weighted by molar-refractivity contribution is -0.119. The molecule has 0 fully saturated rings. The molecular formula is C20H27N3O4S. The van der Waals surface area contributed by atoms with Crippen molar-refractivity contribution in [1.82, 2.24) is 9.62 Å². The van der Waals surface area contributed by atoms with Gasteiger partial charge in [0.25, 0.3) is 0 Å². The Balaban J connectivity index is 1.93. The topological polar surface area (TPSA) is 79.0 Å². The minimum Gasteiger partial charge on any atom is -0.497 e. The Kier molecular flexibility index (Phi) is 7.83. The molecule has 0 aliphatic heterocycles. The van der Waals surface area contributed by atoms with Gasteiger partial charge in [-0.1, -0.05) is 30.3 Å². The number of rotatable bonds is 10. The molecule has 0 aliphatic carbocycles. The molecule has 0 heterocycles. The van der Waals surface area contributed by atoms with E-state index in [9.17, 15) is 13.2 Å². The summed E-state index contributed by atoms with van der Waals surface area (Å²) in [4.78, 5) is 12.4. The summed E-state index contributed by atoms with van der Waals surface area (Å²) in [6.07, 6.45) is 1.53. The average molecular weight is 406 g/mol. The highest BCUT2D eigenvalue weighted by Crippen LogP contribution is 2.18. The van der Waals surface area contributed by atoms with Crippen molar-refractivity contribution in [1.29, 1.82) is 0 Å². The number of carbonyl (C=O) groups is 1. The molecule has 0 saturated carbocycles. The Labute approximate surface area is 167 Å². The van der Waals surface area contributed by atoms with E-state index in [1.54, 1.807) is 37.4 Å². The largest absolute Gasteiger partial charge is 0.497 e. The van der Waals surface area contributed by atoms with Crippen LogP contribution in [0.2, 0.25) is 0 Å². The summed E-state index contributed by atoms with van der Waals surface area (Å²) < 4.78 is 32.6. The molecular weight excluding hydrogens is 378 g/mol. The second kappa shape index (κ2) is 10.1. The summed E-state index contributed by atoms with van der Waals surface area (Å²) in [5.74, 6) is 0.453. The van der Waals surface area contributed by atoms with Crippen LogP contribution in [0, 0.1) is 0 Å². The van der Waals surface area contributed by atoms with E-state index in [4.69, 9.17) is 4.74 Å². The molecule has 1 N–H and O–H groups in total. The standard InChI is InChI=1S/C20H27N3O4S/c1-22(2)28(25,26)23(18-11-5-4-6-12-18)16-20(24)21-14-8-10-17-9-7-13-19(15-17)27-3/h4-7,9,11-13,15H,8,10,14,16H2,1-3H3,(H,21,24). The fourth-order valence-electron chi connectivity index (χ4n) is 2.63. The zero-order valence-electron chi connectivity index (χ0n) is 16.5. The van der Waals surface area contributed by atoms with Gasteiger partial charge in [-0.05, 0) is 42.7 Å². The van der Waals surface area contributed by atoms with Crippen LogP contribution in [0.4, 0.5) is 5.69 Å². The second-order valence-corrected chi connectivity index (χ2v) is 8.50. The van der Waals surface area contributed by atoms with E-state index in [0.717, 1.165) is 32.8 Å². The van der Waals surface area contributed by atoms with E-state index >= 15 is 0 Å². The maximum atomic E-state index is 12.6. The Morgan fingerprint density at radius 1 is 1.07 bits per heavy atom. The third-order valence-electron chi connectivity index (χ3n) is 4.17. The van der Waals surface area contributed by atoms with Gasteiger partial charge in [-0.15, -0.1) is 0 Å². The number of amides is 1. The highest BCUT2D eigenvalue weighted by molar-refractivity contribution is 7.90. The number of nitrogens with one attached hydrogen (secondary N) is 1. The average Bonchev–Trinajstić information content (AvgIpc) is 2.70. The molecule has 0 spiro atoms. The van der Waals surface area contributed by atoms with Gasteiger partial charge in [0.05, 0.1) is 12.8 Å². The molecule has 0 aromatic heterocycles. The molecule has 2 rings (SSSR count). The van der Waals surface area contributed by atoms with Crippen LogP contribution in [0.1, 0.15) is 12.0 Å². The zero-order valence-corrected chi connectivity index (χ0v) is 17.3. The van der Waals surface area contributed by atoms with Crippen molar-refractivity contribution in [2.75, 3.05) is 38.6 Å². The molecule has 0 atom stereocenters. The predicted molar refractivity (Wildman–Crippen MR) is 111 cm³/mol. The fourth-order valence-corrected chi connectivity index (χ4v) is 3.69. The SMILES string of the molecule is COc1cccc(CCCNC(=O)CN(c2ccccc2)S(=O)(=O)N(C)C)c1.